The van der Waals surface area contributed by atoms with Crippen molar-refractivity contribution < 1.29 is 19.1 Å². The Morgan fingerprint density at radius 3 is 2.68 bits per heavy atom. The van der Waals surface area contributed by atoms with E-state index in [-0.39, 0.29) is 5.75 Å². The number of halogens is 1. The maximum absolute atomic E-state index is 10.0. The first kappa shape index (κ1) is 17.2. The Kier molecular flexibility index (Phi) is 4.89. The van der Waals surface area contributed by atoms with Gasteiger partial charge in [0.25, 0.3) is 5.89 Å². The van der Waals surface area contributed by atoms with Crippen LogP contribution in [0.5, 0.6) is 17.4 Å². The summed E-state index contributed by atoms with van der Waals surface area (Å²) in [5.41, 5.74) is 2.15. The number of hydrogen-bond donors (Lipinski definition) is 1. The van der Waals surface area contributed by atoms with Gasteiger partial charge in [-0.1, -0.05) is 5.16 Å². The Labute approximate surface area is 152 Å². The summed E-state index contributed by atoms with van der Waals surface area (Å²) in [4.78, 5) is 8.65. The third-order valence-electron chi connectivity index (χ3n) is 3.40. The number of phenols is 1. The van der Waals surface area contributed by atoms with E-state index in [0.29, 0.717) is 45.6 Å². The van der Waals surface area contributed by atoms with E-state index in [2.05, 4.69) is 31.1 Å². The number of aryl methyl sites for hydroxylation is 1. The molecule has 1 aromatic carbocycles. The normalized spacial score (nSPS) is 10.7. The number of aromatic nitrogens is 3. The van der Waals surface area contributed by atoms with Crippen molar-refractivity contribution in [1.82, 2.24) is 15.1 Å². The van der Waals surface area contributed by atoms with Crippen molar-refractivity contribution in [3.63, 3.8) is 0 Å². The number of nitrogens with zero attached hydrogens (tertiary/aromatic N) is 3. The molecular weight excluding hydrogens is 390 g/mol. The Hall–Kier alpha value is -2.61. The summed E-state index contributed by atoms with van der Waals surface area (Å²) in [6, 6.07) is 6.92. The number of ether oxygens (including phenoxy) is 2. The van der Waals surface area contributed by atoms with Crippen LogP contribution >= 0.6 is 15.9 Å². The number of methoxy groups -OCH3 is 1. The van der Waals surface area contributed by atoms with Crippen molar-refractivity contribution >= 4 is 15.9 Å². The Morgan fingerprint density at radius 1 is 1.16 bits per heavy atom. The van der Waals surface area contributed by atoms with E-state index < -0.39 is 0 Å². The van der Waals surface area contributed by atoms with Gasteiger partial charge in [-0.25, -0.2) is 4.98 Å². The highest BCUT2D eigenvalue weighted by Crippen LogP contribution is 2.38. The van der Waals surface area contributed by atoms with Gasteiger partial charge in [0.2, 0.25) is 11.7 Å². The predicted molar refractivity (Wildman–Crippen MR) is 94.8 cm³/mol. The summed E-state index contributed by atoms with van der Waals surface area (Å²) in [5.74, 6) is 1.58. The molecule has 0 aliphatic rings. The molecule has 0 unspecified atom stereocenters. The van der Waals surface area contributed by atoms with Crippen LogP contribution in [0.15, 0.2) is 33.3 Å². The van der Waals surface area contributed by atoms with E-state index in [0.717, 1.165) is 5.69 Å². The molecular formula is C17H16BrN3O4. The fourth-order valence-corrected chi connectivity index (χ4v) is 2.73. The second-order valence-electron chi connectivity index (χ2n) is 5.20. The number of benzene rings is 1. The zero-order valence-corrected chi connectivity index (χ0v) is 15.5. The first-order valence-electron chi connectivity index (χ1n) is 7.54. The number of aromatic hydroxyl groups is 1. The summed E-state index contributed by atoms with van der Waals surface area (Å²) in [7, 11) is 1.55. The molecule has 8 heteroatoms. The van der Waals surface area contributed by atoms with E-state index in [1.54, 1.807) is 25.3 Å². The SMILES string of the molecule is CCOc1cc(-c2noc(-c3cc(C)nc(OC)c3)n2)cc(Br)c1O. The van der Waals surface area contributed by atoms with Crippen LogP contribution in [0, 0.1) is 6.92 Å². The molecule has 0 spiro atoms. The summed E-state index contributed by atoms with van der Waals surface area (Å²) in [6.07, 6.45) is 0. The molecule has 0 saturated carbocycles. The minimum absolute atomic E-state index is 0.0313. The van der Waals surface area contributed by atoms with Crippen LogP contribution in [-0.4, -0.2) is 33.9 Å². The van der Waals surface area contributed by atoms with Gasteiger partial charge in [-0.3, -0.25) is 0 Å². The third-order valence-corrected chi connectivity index (χ3v) is 4.00. The van der Waals surface area contributed by atoms with Gasteiger partial charge in [0.1, 0.15) is 0 Å². The van der Waals surface area contributed by atoms with Crippen LogP contribution in [-0.2, 0) is 0 Å². The lowest BCUT2D eigenvalue weighted by Crippen LogP contribution is -1.93. The van der Waals surface area contributed by atoms with E-state index in [1.165, 1.54) is 0 Å². The molecule has 3 rings (SSSR count). The molecule has 7 nitrogen and oxygen atoms in total. The Morgan fingerprint density at radius 2 is 1.96 bits per heavy atom. The predicted octanol–water partition coefficient (Wildman–Crippen LogP) is 3.98. The molecule has 25 heavy (non-hydrogen) atoms. The molecule has 130 valence electrons. The number of phenolic OH excluding ortho intramolecular Hbond substituents is 1. The lowest BCUT2D eigenvalue weighted by molar-refractivity contribution is 0.317. The van der Waals surface area contributed by atoms with Crippen LogP contribution in [0.2, 0.25) is 0 Å². The highest BCUT2D eigenvalue weighted by atomic mass is 79.9. The fourth-order valence-electron chi connectivity index (χ4n) is 2.29. The van der Waals surface area contributed by atoms with Gasteiger partial charge >= 0.3 is 0 Å². The first-order valence-corrected chi connectivity index (χ1v) is 8.33. The van der Waals surface area contributed by atoms with E-state index in [1.807, 2.05) is 19.9 Å². The van der Waals surface area contributed by atoms with Gasteiger partial charge < -0.3 is 19.1 Å². The van der Waals surface area contributed by atoms with Crippen molar-refractivity contribution in [3.05, 3.63) is 34.4 Å². The molecule has 0 saturated heterocycles. The van der Waals surface area contributed by atoms with Crippen molar-refractivity contribution in [2.75, 3.05) is 13.7 Å². The van der Waals surface area contributed by atoms with Crippen LogP contribution in [0.1, 0.15) is 12.6 Å². The maximum Gasteiger partial charge on any atom is 0.258 e. The first-order chi connectivity index (χ1) is 12.0. The van der Waals surface area contributed by atoms with Gasteiger partial charge in [0.15, 0.2) is 11.5 Å². The van der Waals surface area contributed by atoms with Crippen LogP contribution < -0.4 is 9.47 Å². The molecule has 0 aliphatic carbocycles. The van der Waals surface area contributed by atoms with Crippen molar-refractivity contribution in [3.8, 4) is 40.2 Å². The molecule has 0 amide bonds. The molecule has 0 fully saturated rings. The summed E-state index contributed by atoms with van der Waals surface area (Å²) < 4.78 is 16.4. The number of pyridine rings is 1. The summed E-state index contributed by atoms with van der Waals surface area (Å²) >= 11 is 3.30. The minimum atomic E-state index is 0.0313. The summed E-state index contributed by atoms with van der Waals surface area (Å²) in [5, 5.41) is 14.0. The molecule has 0 bridgehead atoms. The van der Waals surface area contributed by atoms with Gasteiger partial charge in [-0.2, -0.15) is 4.98 Å². The monoisotopic (exact) mass is 405 g/mol. The average molecular weight is 406 g/mol. The largest absolute Gasteiger partial charge is 0.503 e. The molecule has 2 aromatic heterocycles. The highest BCUT2D eigenvalue weighted by Gasteiger charge is 2.16. The average Bonchev–Trinajstić information content (AvgIpc) is 3.08. The smallest absolute Gasteiger partial charge is 0.258 e. The third kappa shape index (κ3) is 3.58. The second-order valence-corrected chi connectivity index (χ2v) is 6.05. The number of hydrogen-bond acceptors (Lipinski definition) is 7. The fraction of sp³-hybridized carbons (Fsp3) is 0.235. The lowest BCUT2D eigenvalue weighted by Gasteiger charge is -2.08. The molecule has 3 aromatic rings. The van der Waals surface area contributed by atoms with Crippen molar-refractivity contribution in [2.24, 2.45) is 0 Å². The standard InChI is InChI=1S/C17H16BrN3O4/c1-4-24-13-7-10(6-12(18)15(13)22)16-20-17(25-21-16)11-5-9(2)19-14(8-11)23-3/h5-8,22H,4H2,1-3H3. The van der Waals surface area contributed by atoms with Gasteiger partial charge in [0.05, 0.1) is 18.2 Å². The van der Waals surface area contributed by atoms with Crippen LogP contribution in [0.4, 0.5) is 0 Å². The zero-order chi connectivity index (χ0) is 18.0. The lowest BCUT2D eigenvalue weighted by atomic mass is 10.2. The molecule has 1 N–H and O–H groups in total. The molecule has 0 atom stereocenters. The minimum Gasteiger partial charge on any atom is -0.503 e. The topological polar surface area (TPSA) is 90.5 Å². The Balaban J connectivity index is 2.01. The van der Waals surface area contributed by atoms with Crippen molar-refractivity contribution in [2.45, 2.75) is 13.8 Å². The molecule has 0 radical (unpaired) electrons. The zero-order valence-electron chi connectivity index (χ0n) is 13.9. The quantitative estimate of drug-likeness (QED) is 0.685. The molecule has 0 aliphatic heterocycles. The van der Waals surface area contributed by atoms with E-state index in [9.17, 15) is 5.11 Å². The maximum atomic E-state index is 10.0. The van der Waals surface area contributed by atoms with E-state index >= 15 is 0 Å². The Bertz CT molecular complexity index is 911. The highest BCUT2D eigenvalue weighted by molar-refractivity contribution is 9.10. The summed E-state index contributed by atoms with van der Waals surface area (Å²) in [6.45, 7) is 4.12. The van der Waals surface area contributed by atoms with E-state index in [4.69, 9.17) is 14.0 Å². The van der Waals surface area contributed by atoms with Crippen LogP contribution in [0.25, 0.3) is 22.8 Å². The second kappa shape index (κ2) is 7.10. The number of rotatable bonds is 5. The van der Waals surface area contributed by atoms with Gasteiger partial charge in [0, 0.05) is 22.9 Å². The van der Waals surface area contributed by atoms with Gasteiger partial charge in [-0.15, -0.1) is 0 Å². The molecule has 2 heterocycles. The van der Waals surface area contributed by atoms with Crippen LogP contribution in [0.3, 0.4) is 0 Å². The van der Waals surface area contributed by atoms with Gasteiger partial charge in [-0.05, 0) is 48.0 Å². The van der Waals surface area contributed by atoms with Crippen molar-refractivity contribution in [1.29, 1.82) is 0 Å².